The van der Waals surface area contributed by atoms with E-state index in [1.807, 2.05) is 72.8 Å². The van der Waals surface area contributed by atoms with Crippen molar-refractivity contribution in [3.8, 4) is 0 Å². The molecule has 0 unspecified atom stereocenters. The number of hydrogen-bond acceptors (Lipinski definition) is 4. The SMILES string of the molecule is O=C(Cc1cc(CCCNC[C@H](O)c2ccccc2)ccn1)Nc1ccccc1. The number of aromatic nitrogens is 1. The van der Waals surface area contributed by atoms with Gasteiger partial charge < -0.3 is 15.7 Å². The molecule has 3 rings (SSSR count). The first-order valence-corrected chi connectivity index (χ1v) is 9.93. The lowest BCUT2D eigenvalue weighted by molar-refractivity contribution is -0.115. The molecule has 150 valence electrons. The smallest absolute Gasteiger partial charge is 0.230 e. The fourth-order valence-corrected chi connectivity index (χ4v) is 3.12. The van der Waals surface area contributed by atoms with Crippen molar-refractivity contribution in [1.82, 2.24) is 10.3 Å². The Morgan fingerprint density at radius 2 is 1.72 bits per heavy atom. The average Bonchev–Trinajstić information content (AvgIpc) is 2.75. The molecule has 0 spiro atoms. The molecule has 0 bridgehead atoms. The number of benzene rings is 2. The fourth-order valence-electron chi connectivity index (χ4n) is 3.12. The molecule has 3 aromatic rings. The van der Waals surface area contributed by atoms with Crippen LogP contribution in [0.1, 0.15) is 29.3 Å². The third-order valence-electron chi connectivity index (χ3n) is 4.62. The minimum Gasteiger partial charge on any atom is -0.387 e. The number of amides is 1. The van der Waals surface area contributed by atoms with E-state index in [1.54, 1.807) is 6.20 Å². The first kappa shape index (κ1) is 20.7. The van der Waals surface area contributed by atoms with Crippen LogP contribution < -0.4 is 10.6 Å². The van der Waals surface area contributed by atoms with Gasteiger partial charge in [0.2, 0.25) is 5.91 Å². The standard InChI is InChI=1S/C24H27N3O2/c28-23(20-9-3-1-4-10-20)18-25-14-7-8-19-13-15-26-22(16-19)17-24(29)27-21-11-5-2-6-12-21/h1-6,9-13,15-16,23,25,28H,7-8,14,17-18H2,(H,27,29)/t23-/m0/s1. The summed E-state index contributed by atoms with van der Waals surface area (Å²) in [6.07, 6.45) is 3.36. The molecule has 29 heavy (non-hydrogen) atoms. The molecule has 1 heterocycles. The zero-order chi connectivity index (χ0) is 20.3. The van der Waals surface area contributed by atoms with Crippen LogP contribution in [-0.2, 0) is 17.6 Å². The van der Waals surface area contributed by atoms with Crippen LogP contribution in [0.25, 0.3) is 0 Å². The largest absolute Gasteiger partial charge is 0.387 e. The summed E-state index contributed by atoms with van der Waals surface area (Å²) in [5, 5.41) is 16.3. The normalized spacial score (nSPS) is 11.8. The van der Waals surface area contributed by atoms with Gasteiger partial charge in [0.25, 0.3) is 0 Å². The van der Waals surface area contributed by atoms with Gasteiger partial charge in [-0.1, -0.05) is 48.5 Å². The molecule has 0 fully saturated rings. The fraction of sp³-hybridized carbons (Fsp3) is 0.250. The minimum absolute atomic E-state index is 0.0718. The van der Waals surface area contributed by atoms with E-state index in [0.29, 0.717) is 6.54 Å². The summed E-state index contributed by atoms with van der Waals surface area (Å²) in [5.74, 6) is -0.0718. The highest BCUT2D eigenvalue weighted by Gasteiger charge is 2.07. The third kappa shape index (κ3) is 7.14. The van der Waals surface area contributed by atoms with E-state index in [0.717, 1.165) is 41.9 Å². The predicted octanol–water partition coefficient (Wildman–Crippen LogP) is 3.52. The number of nitrogens with zero attached hydrogens (tertiary/aromatic N) is 1. The summed E-state index contributed by atoms with van der Waals surface area (Å²) < 4.78 is 0. The Kier molecular flexibility index (Phi) is 7.92. The number of aliphatic hydroxyl groups excluding tert-OH is 1. The van der Waals surface area contributed by atoms with Gasteiger partial charge in [0.15, 0.2) is 0 Å². The van der Waals surface area contributed by atoms with E-state index >= 15 is 0 Å². The Morgan fingerprint density at radius 1 is 1.00 bits per heavy atom. The molecule has 0 aliphatic heterocycles. The molecule has 1 amide bonds. The van der Waals surface area contributed by atoms with Crippen LogP contribution in [0, 0.1) is 0 Å². The van der Waals surface area contributed by atoms with Crippen molar-refractivity contribution < 1.29 is 9.90 Å². The van der Waals surface area contributed by atoms with Crippen LogP contribution in [0.15, 0.2) is 79.0 Å². The molecular weight excluding hydrogens is 362 g/mol. The van der Waals surface area contributed by atoms with E-state index in [1.165, 1.54) is 0 Å². The summed E-state index contributed by atoms with van der Waals surface area (Å²) in [5.41, 5.74) is 3.64. The molecule has 2 aromatic carbocycles. The topological polar surface area (TPSA) is 74.2 Å². The Morgan fingerprint density at radius 3 is 2.48 bits per heavy atom. The van der Waals surface area contributed by atoms with Crippen LogP contribution in [0.5, 0.6) is 0 Å². The average molecular weight is 389 g/mol. The zero-order valence-electron chi connectivity index (χ0n) is 16.4. The van der Waals surface area contributed by atoms with E-state index in [9.17, 15) is 9.90 Å². The monoisotopic (exact) mass is 389 g/mol. The number of pyridine rings is 1. The molecule has 0 aliphatic carbocycles. The van der Waals surface area contributed by atoms with Crippen LogP contribution in [0.3, 0.4) is 0 Å². The van der Waals surface area contributed by atoms with Crippen LogP contribution in [0.4, 0.5) is 5.69 Å². The highest BCUT2D eigenvalue weighted by molar-refractivity contribution is 5.91. The van der Waals surface area contributed by atoms with Crippen molar-refractivity contribution in [3.05, 3.63) is 95.8 Å². The number of para-hydroxylation sites is 1. The van der Waals surface area contributed by atoms with E-state index < -0.39 is 6.10 Å². The molecule has 0 aliphatic rings. The first-order valence-electron chi connectivity index (χ1n) is 9.93. The minimum atomic E-state index is -0.494. The Hall–Kier alpha value is -3.02. The molecule has 1 aromatic heterocycles. The predicted molar refractivity (Wildman–Crippen MR) is 116 cm³/mol. The number of carbonyl (C=O) groups is 1. The maximum Gasteiger partial charge on any atom is 0.230 e. The molecule has 3 N–H and O–H groups in total. The van der Waals surface area contributed by atoms with Gasteiger partial charge in [-0.3, -0.25) is 9.78 Å². The number of aryl methyl sites for hydroxylation is 1. The summed E-state index contributed by atoms with van der Waals surface area (Å²) in [4.78, 5) is 16.5. The second-order valence-electron chi connectivity index (χ2n) is 6.98. The summed E-state index contributed by atoms with van der Waals surface area (Å²) in [7, 11) is 0. The number of anilines is 1. The van der Waals surface area contributed by atoms with Gasteiger partial charge in [-0.15, -0.1) is 0 Å². The van der Waals surface area contributed by atoms with Gasteiger partial charge in [-0.2, -0.15) is 0 Å². The Bertz CT molecular complexity index is 885. The molecule has 0 saturated carbocycles. The third-order valence-corrected chi connectivity index (χ3v) is 4.62. The van der Waals surface area contributed by atoms with Gasteiger partial charge >= 0.3 is 0 Å². The van der Waals surface area contributed by atoms with Gasteiger partial charge in [0.05, 0.1) is 12.5 Å². The van der Waals surface area contributed by atoms with Gasteiger partial charge in [0.1, 0.15) is 0 Å². The van der Waals surface area contributed by atoms with E-state index in [4.69, 9.17) is 0 Å². The Labute approximate surface area is 171 Å². The highest BCUT2D eigenvalue weighted by atomic mass is 16.3. The number of hydrogen-bond donors (Lipinski definition) is 3. The molecule has 0 saturated heterocycles. The first-order chi connectivity index (χ1) is 14.2. The quantitative estimate of drug-likeness (QED) is 0.464. The lowest BCUT2D eigenvalue weighted by Crippen LogP contribution is -2.22. The number of nitrogens with one attached hydrogen (secondary N) is 2. The second-order valence-corrected chi connectivity index (χ2v) is 6.98. The van der Waals surface area contributed by atoms with Crippen LogP contribution >= 0.6 is 0 Å². The van der Waals surface area contributed by atoms with Crippen molar-refractivity contribution in [3.63, 3.8) is 0 Å². The zero-order valence-corrected chi connectivity index (χ0v) is 16.4. The molecule has 1 atom stereocenters. The maximum atomic E-state index is 12.2. The maximum absolute atomic E-state index is 12.2. The second kappa shape index (κ2) is 11.1. The number of aliphatic hydroxyl groups is 1. The Balaban J connectivity index is 1.39. The number of rotatable bonds is 10. The van der Waals surface area contributed by atoms with Crippen molar-refractivity contribution in [2.75, 3.05) is 18.4 Å². The van der Waals surface area contributed by atoms with E-state index in [-0.39, 0.29) is 12.3 Å². The summed E-state index contributed by atoms with van der Waals surface area (Å²) in [6, 6.07) is 23.1. The molecule has 5 nitrogen and oxygen atoms in total. The van der Waals surface area contributed by atoms with Gasteiger partial charge in [-0.05, 0) is 54.8 Å². The van der Waals surface area contributed by atoms with Crippen LogP contribution in [0.2, 0.25) is 0 Å². The van der Waals surface area contributed by atoms with Gasteiger partial charge in [0, 0.05) is 24.1 Å². The van der Waals surface area contributed by atoms with Crippen molar-refractivity contribution in [2.24, 2.45) is 0 Å². The summed E-state index contributed by atoms with van der Waals surface area (Å²) in [6.45, 7) is 1.35. The molecule has 5 heteroatoms. The van der Waals surface area contributed by atoms with Gasteiger partial charge in [-0.25, -0.2) is 0 Å². The lowest BCUT2D eigenvalue weighted by Gasteiger charge is -2.12. The molecule has 0 radical (unpaired) electrons. The van der Waals surface area contributed by atoms with Crippen LogP contribution in [-0.4, -0.2) is 29.1 Å². The highest BCUT2D eigenvalue weighted by Crippen LogP contribution is 2.11. The van der Waals surface area contributed by atoms with Crippen molar-refractivity contribution in [1.29, 1.82) is 0 Å². The van der Waals surface area contributed by atoms with E-state index in [2.05, 4.69) is 15.6 Å². The van der Waals surface area contributed by atoms with Crippen molar-refractivity contribution >= 4 is 11.6 Å². The lowest BCUT2D eigenvalue weighted by atomic mass is 10.1. The summed E-state index contributed by atoms with van der Waals surface area (Å²) >= 11 is 0. The van der Waals surface area contributed by atoms with Crippen molar-refractivity contribution in [2.45, 2.75) is 25.4 Å². The molecular formula is C24H27N3O2. The number of carbonyl (C=O) groups excluding carboxylic acids is 1.